The number of carbonyl (C=O) groups excluding carboxylic acids is 3. The lowest BCUT2D eigenvalue weighted by Gasteiger charge is -2.13. The number of anilines is 2. The summed E-state index contributed by atoms with van der Waals surface area (Å²) in [6.45, 7) is 0. The fourth-order valence-electron chi connectivity index (χ4n) is 4.30. The molecule has 0 unspecified atom stereocenters. The van der Waals surface area contributed by atoms with Crippen LogP contribution in [0.2, 0.25) is 0 Å². The molecule has 0 saturated carbocycles. The third kappa shape index (κ3) is 8.62. The molecule has 4 aromatic carbocycles. The first-order valence-corrected chi connectivity index (χ1v) is 15.9. The van der Waals surface area contributed by atoms with Crippen molar-refractivity contribution < 1.29 is 23.9 Å². The molecule has 0 aliphatic heterocycles. The molecule has 3 N–H and O–H groups in total. The van der Waals surface area contributed by atoms with E-state index in [4.69, 9.17) is 9.47 Å². The van der Waals surface area contributed by atoms with Gasteiger partial charge in [0.25, 0.3) is 11.8 Å². The number of ether oxygens (including phenoxy) is 2. The zero-order chi connectivity index (χ0) is 32.3. The van der Waals surface area contributed by atoms with Crippen LogP contribution in [0.15, 0.2) is 119 Å². The number of para-hydroxylation sites is 1. The summed E-state index contributed by atoms with van der Waals surface area (Å²) < 4.78 is 10.7. The Balaban J connectivity index is 1.24. The summed E-state index contributed by atoms with van der Waals surface area (Å²) in [6.07, 6.45) is 1.57. The Morgan fingerprint density at radius 3 is 2.43 bits per heavy atom. The van der Waals surface area contributed by atoms with Crippen LogP contribution < -0.4 is 25.4 Å². The van der Waals surface area contributed by atoms with Gasteiger partial charge in [0.05, 0.1) is 25.7 Å². The second-order valence-corrected chi connectivity index (χ2v) is 11.6. The summed E-state index contributed by atoms with van der Waals surface area (Å²) in [7, 11) is 3.15. The smallest absolute Gasteiger partial charge is 0.272 e. The van der Waals surface area contributed by atoms with E-state index in [2.05, 4.69) is 20.9 Å². The average Bonchev–Trinajstić information content (AvgIpc) is 3.56. The maximum atomic E-state index is 13.5. The maximum absolute atomic E-state index is 13.5. The predicted octanol–water partition coefficient (Wildman–Crippen LogP) is 6.97. The molecule has 11 heteroatoms. The highest BCUT2D eigenvalue weighted by molar-refractivity contribution is 8.00. The number of benzene rings is 4. The number of methoxy groups -OCH3 is 2. The number of carbonyl (C=O) groups is 3. The summed E-state index contributed by atoms with van der Waals surface area (Å²) in [4.78, 5) is 44.5. The van der Waals surface area contributed by atoms with Crippen LogP contribution in [0.3, 0.4) is 0 Å². The Hall–Kier alpha value is -5.39. The molecule has 232 valence electrons. The van der Waals surface area contributed by atoms with Crippen molar-refractivity contribution in [1.82, 2.24) is 10.3 Å². The molecule has 0 fully saturated rings. The van der Waals surface area contributed by atoms with Gasteiger partial charge in [-0.05, 0) is 54.6 Å². The topological polar surface area (TPSA) is 119 Å². The van der Waals surface area contributed by atoms with E-state index in [0.717, 1.165) is 21.9 Å². The number of nitrogens with one attached hydrogen (secondary N) is 3. The van der Waals surface area contributed by atoms with Gasteiger partial charge in [-0.25, -0.2) is 4.98 Å². The Morgan fingerprint density at radius 2 is 1.63 bits per heavy atom. The molecule has 1 aromatic heterocycles. The monoisotopic (exact) mass is 650 g/mol. The molecule has 0 aliphatic rings. The number of aromatic nitrogens is 1. The van der Waals surface area contributed by atoms with Gasteiger partial charge in [-0.15, -0.1) is 23.1 Å². The Morgan fingerprint density at radius 1 is 0.848 bits per heavy atom. The standard InChI is InChI=1S/C35H30N4O5S2/c1-43-27-15-8-13-24(18-27)30-21-46-35(38-30)39-32(40)22-45-28-16-9-14-26(20-28)36-34(42)29(19-25-12-6-7-17-31(25)44-2)37-33(41)23-10-4-3-5-11-23/h3-21H,22H2,1-2H3,(H,36,42)(H,37,41)(H,38,39,40)/b29-19+. The van der Waals surface area contributed by atoms with Gasteiger partial charge in [0, 0.05) is 32.7 Å². The van der Waals surface area contributed by atoms with E-state index in [-0.39, 0.29) is 17.4 Å². The van der Waals surface area contributed by atoms with Gasteiger partial charge < -0.3 is 25.4 Å². The van der Waals surface area contributed by atoms with Gasteiger partial charge in [0.1, 0.15) is 17.2 Å². The number of hydrogen-bond donors (Lipinski definition) is 3. The zero-order valence-electron chi connectivity index (χ0n) is 25.0. The lowest BCUT2D eigenvalue weighted by molar-refractivity contribution is -0.114. The molecule has 0 bridgehead atoms. The van der Waals surface area contributed by atoms with Crippen LogP contribution >= 0.6 is 23.1 Å². The summed E-state index contributed by atoms with van der Waals surface area (Å²) in [5.41, 5.74) is 3.20. The first-order chi connectivity index (χ1) is 22.4. The lowest BCUT2D eigenvalue weighted by Crippen LogP contribution is -2.30. The molecule has 1 heterocycles. The first kappa shape index (κ1) is 32.0. The van der Waals surface area contributed by atoms with E-state index in [1.54, 1.807) is 67.8 Å². The minimum Gasteiger partial charge on any atom is -0.497 e. The highest BCUT2D eigenvalue weighted by Crippen LogP contribution is 2.28. The molecule has 3 amide bonds. The second-order valence-electron chi connectivity index (χ2n) is 9.71. The molecule has 0 radical (unpaired) electrons. The van der Waals surface area contributed by atoms with Crippen molar-refractivity contribution in [1.29, 1.82) is 0 Å². The van der Waals surface area contributed by atoms with Gasteiger partial charge in [0.15, 0.2) is 5.13 Å². The molecule has 46 heavy (non-hydrogen) atoms. The van der Waals surface area contributed by atoms with E-state index in [0.29, 0.717) is 27.7 Å². The van der Waals surface area contributed by atoms with Crippen LogP contribution in [0, 0.1) is 0 Å². The third-order valence-electron chi connectivity index (χ3n) is 6.55. The van der Waals surface area contributed by atoms with Gasteiger partial charge in [0.2, 0.25) is 5.91 Å². The molecule has 9 nitrogen and oxygen atoms in total. The summed E-state index contributed by atoms with van der Waals surface area (Å²) in [5.74, 6) is 0.252. The third-order valence-corrected chi connectivity index (χ3v) is 8.30. The predicted molar refractivity (Wildman–Crippen MR) is 183 cm³/mol. The second kappa shape index (κ2) is 15.6. The highest BCUT2D eigenvalue weighted by atomic mass is 32.2. The Bertz CT molecular complexity index is 1870. The first-order valence-electron chi connectivity index (χ1n) is 14.1. The average molecular weight is 651 g/mol. The van der Waals surface area contributed by atoms with Crippen molar-refractivity contribution in [3.05, 3.63) is 125 Å². The van der Waals surface area contributed by atoms with Crippen molar-refractivity contribution in [3.8, 4) is 22.8 Å². The molecule has 0 saturated heterocycles. The van der Waals surface area contributed by atoms with Crippen molar-refractivity contribution in [2.24, 2.45) is 0 Å². The molecule has 0 aliphatic carbocycles. The summed E-state index contributed by atoms with van der Waals surface area (Å²) >= 11 is 2.66. The van der Waals surface area contributed by atoms with Gasteiger partial charge in [-0.1, -0.05) is 54.6 Å². The van der Waals surface area contributed by atoms with Crippen molar-refractivity contribution in [3.63, 3.8) is 0 Å². The van der Waals surface area contributed by atoms with Crippen molar-refractivity contribution in [2.45, 2.75) is 4.90 Å². The minimum atomic E-state index is -0.523. The van der Waals surface area contributed by atoms with Crippen LogP contribution in [0.4, 0.5) is 10.8 Å². The van der Waals surface area contributed by atoms with Crippen LogP contribution in [0.25, 0.3) is 17.3 Å². The fraction of sp³-hybridized carbons (Fsp3) is 0.0857. The summed E-state index contributed by atoms with van der Waals surface area (Å²) in [5, 5.41) is 10.8. The van der Waals surface area contributed by atoms with Crippen molar-refractivity contribution >= 4 is 57.7 Å². The SMILES string of the molecule is COc1cccc(-c2csc(NC(=O)CSc3cccc(NC(=O)/C(=C\c4ccccc4OC)NC(=O)c4ccccc4)c3)n2)c1. The van der Waals surface area contributed by atoms with Crippen LogP contribution in [0.5, 0.6) is 11.5 Å². The maximum Gasteiger partial charge on any atom is 0.272 e. The zero-order valence-corrected chi connectivity index (χ0v) is 26.6. The number of thiazole rings is 1. The largest absolute Gasteiger partial charge is 0.497 e. The van der Waals surface area contributed by atoms with Crippen LogP contribution in [-0.2, 0) is 9.59 Å². The number of nitrogens with zero attached hydrogens (tertiary/aromatic N) is 1. The van der Waals surface area contributed by atoms with Gasteiger partial charge in [-0.3, -0.25) is 14.4 Å². The quantitative estimate of drug-likeness (QED) is 0.0986. The molecule has 5 rings (SSSR count). The van der Waals surface area contributed by atoms with E-state index >= 15 is 0 Å². The van der Waals surface area contributed by atoms with Crippen LogP contribution in [0.1, 0.15) is 15.9 Å². The lowest BCUT2D eigenvalue weighted by atomic mass is 10.1. The highest BCUT2D eigenvalue weighted by Gasteiger charge is 2.17. The Labute approximate surface area is 274 Å². The Kier molecular flexibility index (Phi) is 10.8. The fourth-order valence-corrected chi connectivity index (χ4v) is 5.79. The molecule has 0 spiro atoms. The molecular weight excluding hydrogens is 621 g/mol. The minimum absolute atomic E-state index is 0.0348. The number of rotatable bonds is 12. The number of hydrogen-bond acceptors (Lipinski definition) is 8. The number of thioether (sulfide) groups is 1. The van der Waals surface area contributed by atoms with Gasteiger partial charge in [-0.2, -0.15) is 0 Å². The molecule has 0 atom stereocenters. The number of amides is 3. The van der Waals surface area contributed by atoms with Crippen LogP contribution in [-0.4, -0.2) is 42.7 Å². The van der Waals surface area contributed by atoms with Crippen molar-refractivity contribution in [2.75, 3.05) is 30.6 Å². The van der Waals surface area contributed by atoms with E-state index in [1.165, 1.54) is 30.2 Å². The van der Waals surface area contributed by atoms with E-state index in [1.807, 2.05) is 53.9 Å². The summed E-state index contributed by atoms with van der Waals surface area (Å²) in [6, 6.07) is 30.5. The van der Waals surface area contributed by atoms with E-state index in [9.17, 15) is 14.4 Å². The molecule has 5 aromatic rings. The van der Waals surface area contributed by atoms with Gasteiger partial charge >= 0.3 is 0 Å². The van der Waals surface area contributed by atoms with E-state index < -0.39 is 11.8 Å². The normalized spacial score (nSPS) is 11.0. The molecular formula is C35H30N4O5S2.